The molecule has 2 aromatic carbocycles. The summed E-state index contributed by atoms with van der Waals surface area (Å²) in [5.41, 5.74) is 4.20. The van der Waals surface area contributed by atoms with Crippen LogP contribution in [-0.4, -0.2) is 15.9 Å². The molecule has 2 N–H and O–H groups in total. The lowest BCUT2D eigenvalue weighted by molar-refractivity contribution is 0.102. The smallest absolute Gasteiger partial charge is 0.274 e. The lowest BCUT2D eigenvalue weighted by atomic mass is 10.1. The van der Waals surface area contributed by atoms with Gasteiger partial charge in [0.2, 0.25) is 0 Å². The predicted molar refractivity (Wildman–Crippen MR) is 109 cm³/mol. The lowest BCUT2D eigenvalue weighted by Crippen LogP contribution is -2.16. The molecule has 0 bridgehead atoms. The van der Waals surface area contributed by atoms with Crippen LogP contribution in [0.1, 0.15) is 33.0 Å². The maximum atomic E-state index is 12.7. The van der Waals surface area contributed by atoms with Crippen LogP contribution < -0.4 is 10.6 Å². The minimum atomic E-state index is -0.269. The number of rotatable bonds is 5. The number of anilines is 2. The van der Waals surface area contributed by atoms with Gasteiger partial charge in [0, 0.05) is 23.3 Å². The summed E-state index contributed by atoms with van der Waals surface area (Å²) < 4.78 is 0. The zero-order valence-corrected chi connectivity index (χ0v) is 16.3. The average Bonchev–Trinajstić information content (AvgIpc) is 2.64. The van der Waals surface area contributed by atoms with Gasteiger partial charge in [-0.25, -0.2) is 9.97 Å². The van der Waals surface area contributed by atoms with E-state index in [1.54, 1.807) is 13.0 Å². The maximum Gasteiger partial charge on any atom is 0.274 e. The topological polar surface area (TPSA) is 66.9 Å². The summed E-state index contributed by atoms with van der Waals surface area (Å²) in [7, 11) is 0. The Morgan fingerprint density at radius 3 is 2.59 bits per heavy atom. The zero-order valence-electron chi connectivity index (χ0n) is 15.5. The minimum Gasteiger partial charge on any atom is -0.366 e. The second kappa shape index (κ2) is 8.18. The molecule has 3 rings (SSSR count). The molecule has 0 aliphatic heterocycles. The molecule has 0 aliphatic rings. The third-order valence-corrected chi connectivity index (χ3v) is 4.71. The number of hydrogen-bond acceptors (Lipinski definition) is 4. The van der Waals surface area contributed by atoms with E-state index in [1.165, 1.54) is 0 Å². The third-order valence-electron chi connectivity index (χ3n) is 4.34. The van der Waals surface area contributed by atoms with Crippen molar-refractivity contribution in [1.29, 1.82) is 0 Å². The monoisotopic (exact) mass is 380 g/mol. The normalized spacial score (nSPS) is 10.5. The fourth-order valence-corrected chi connectivity index (χ4v) is 2.88. The molecule has 3 aromatic rings. The molecule has 0 spiro atoms. The summed E-state index contributed by atoms with van der Waals surface area (Å²) in [4.78, 5) is 21.3. The highest BCUT2D eigenvalue weighted by molar-refractivity contribution is 6.31. The largest absolute Gasteiger partial charge is 0.366 e. The van der Waals surface area contributed by atoms with E-state index < -0.39 is 0 Å². The first-order chi connectivity index (χ1) is 12.9. The molecule has 0 aliphatic carbocycles. The Bertz CT molecular complexity index is 988. The van der Waals surface area contributed by atoms with Gasteiger partial charge in [0.05, 0.1) is 0 Å². The Balaban J connectivity index is 1.77. The number of halogens is 1. The van der Waals surface area contributed by atoms with Crippen molar-refractivity contribution in [3.05, 3.63) is 81.8 Å². The standard InChI is InChI=1S/C21H21ClN4O/c1-13-7-6-10-18(14(13)2)26-21(27)19-11-20(25-15(3)24-19)23-12-16-8-4-5-9-17(16)22/h4-11H,12H2,1-3H3,(H,26,27)(H,23,24,25). The molecular formula is C21H21ClN4O. The van der Waals surface area contributed by atoms with Crippen molar-refractivity contribution in [2.24, 2.45) is 0 Å². The van der Waals surface area contributed by atoms with E-state index in [2.05, 4.69) is 20.6 Å². The van der Waals surface area contributed by atoms with Crippen molar-refractivity contribution in [1.82, 2.24) is 9.97 Å². The Hall–Kier alpha value is -2.92. The van der Waals surface area contributed by atoms with Crippen molar-refractivity contribution in [2.45, 2.75) is 27.3 Å². The Labute approximate surface area is 163 Å². The van der Waals surface area contributed by atoms with E-state index in [9.17, 15) is 4.79 Å². The SMILES string of the molecule is Cc1nc(NCc2ccccc2Cl)cc(C(=O)Nc2cccc(C)c2C)n1. The van der Waals surface area contributed by atoms with E-state index in [4.69, 9.17) is 11.6 Å². The molecule has 1 heterocycles. The number of aryl methyl sites for hydroxylation is 2. The van der Waals surface area contributed by atoms with Crippen molar-refractivity contribution in [3.8, 4) is 0 Å². The first-order valence-corrected chi connectivity index (χ1v) is 9.02. The summed E-state index contributed by atoms with van der Waals surface area (Å²) in [6, 6.07) is 15.0. The highest BCUT2D eigenvalue weighted by Gasteiger charge is 2.13. The van der Waals surface area contributed by atoms with Crippen LogP contribution in [0.25, 0.3) is 0 Å². The van der Waals surface area contributed by atoms with E-state index in [1.807, 2.05) is 56.3 Å². The molecule has 0 fully saturated rings. The summed E-state index contributed by atoms with van der Waals surface area (Å²) >= 11 is 6.18. The first kappa shape index (κ1) is 18.9. The number of carbonyl (C=O) groups excluding carboxylic acids is 1. The van der Waals surface area contributed by atoms with Crippen LogP contribution in [-0.2, 0) is 6.54 Å². The molecule has 1 aromatic heterocycles. The molecule has 6 heteroatoms. The van der Waals surface area contributed by atoms with Crippen LogP contribution in [0.2, 0.25) is 5.02 Å². The van der Waals surface area contributed by atoms with Gasteiger partial charge in [0.25, 0.3) is 5.91 Å². The zero-order chi connectivity index (χ0) is 19.4. The van der Waals surface area contributed by atoms with Gasteiger partial charge in [0.1, 0.15) is 17.3 Å². The van der Waals surface area contributed by atoms with Gasteiger partial charge < -0.3 is 10.6 Å². The molecular weight excluding hydrogens is 360 g/mol. The van der Waals surface area contributed by atoms with Crippen molar-refractivity contribution in [3.63, 3.8) is 0 Å². The molecule has 1 amide bonds. The molecule has 27 heavy (non-hydrogen) atoms. The highest BCUT2D eigenvalue weighted by atomic mass is 35.5. The number of aromatic nitrogens is 2. The van der Waals surface area contributed by atoms with Gasteiger partial charge in [-0.05, 0) is 49.6 Å². The van der Waals surface area contributed by atoms with Gasteiger partial charge in [-0.15, -0.1) is 0 Å². The van der Waals surface area contributed by atoms with Crippen LogP contribution in [0, 0.1) is 20.8 Å². The van der Waals surface area contributed by atoms with Crippen molar-refractivity contribution < 1.29 is 4.79 Å². The number of nitrogens with zero attached hydrogens (tertiary/aromatic N) is 2. The number of nitrogens with one attached hydrogen (secondary N) is 2. The van der Waals surface area contributed by atoms with Crippen LogP contribution in [0.15, 0.2) is 48.5 Å². The first-order valence-electron chi connectivity index (χ1n) is 8.64. The van der Waals surface area contributed by atoms with Crippen molar-refractivity contribution >= 4 is 29.0 Å². The molecule has 0 radical (unpaired) electrons. The van der Waals surface area contributed by atoms with Gasteiger partial charge in [-0.2, -0.15) is 0 Å². The van der Waals surface area contributed by atoms with Gasteiger partial charge in [-0.3, -0.25) is 4.79 Å². The van der Waals surface area contributed by atoms with Crippen LogP contribution >= 0.6 is 11.6 Å². The summed E-state index contributed by atoms with van der Waals surface area (Å²) in [5, 5.41) is 6.82. The van der Waals surface area contributed by atoms with E-state index in [0.29, 0.717) is 28.9 Å². The Morgan fingerprint density at radius 1 is 1.04 bits per heavy atom. The van der Waals surface area contributed by atoms with E-state index >= 15 is 0 Å². The number of benzene rings is 2. The summed E-state index contributed by atoms with van der Waals surface area (Å²) in [6.45, 7) is 6.26. The minimum absolute atomic E-state index is 0.269. The fourth-order valence-electron chi connectivity index (χ4n) is 2.67. The maximum absolute atomic E-state index is 12.7. The summed E-state index contributed by atoms with van der Waals surface area (Å²) in [5.74, 6) is 0.828. The predicted octanol–water partition coefficient (Wildman–Crippen LogP) is 4.92. The van der Waals surface area contributed by atoms with Gasteiger partial charge in [-0.1, -0.05) is 41.9 Å². The molecule has 0 saturated heterocycles. The Kier molecular flexibility index (Phi) is 5.72. The Morgan fingerprint density at radius 2 is 1.81 bits per heavy atom. The number of amides is 1. The molecule has 138 valence electrons. The van der Waals surface area contributed by atoms with Gasteiger partial charge in [0.15, 0.2) is 0 Å². The van der Waals surface area contributed by atoms with Crippen molar-refractivity contribution in [2.75, 3.05) is 10.6 Å². The lowest BCUT2D eigenvalue weighted by Gasteiger charge is -2.12. The summed E-state index contributed by atoms with van der Waals surface area (Å²) in [6.07, 6.45) is 0. The van der Waals surface area contributed by atoms with Crippen LogP contribution in [0.5, 0.6) is 0 Å². The average molecular weight is 381 g/mol. The van der Waals surface area contributed by atoms with Crippen LogP contribution in [0.4, 0.5) is 11.5 Å². The van der Waals surface area contributed by atoms with E-state index in [0.717, 1.165) is 22.4 Å². The molecule has 0 unspecified atom stereocenters. The third kappa shape index (κ3) is 4.63. The number of carbonyl (C=O) groups is 1. The van der Waals surface area contributed by atoms with Gasteiger partial charge >= 0.3 is 0 Å². The number of hydrogen-bond donors (Lipinski definition) is 2. The highest BCUT2D eigenvalue weighted by Crippen LogP contribution is 2.20. The van der Waals surface area contributed by atoms with Crippen LogP contribution in [0.3, 0.4) is 0 Å². The fraction of sp³-hybridized carbons (Fsp3) is 0.190. The molecule has 0 saturated carbocycles. The molecule has 5 nitrogen and oxygen atoms in total. The quantitative estimate of drug-likeness (QED) is 0.659. The van der Waals surface area contributed by atoms with E-state index in [-0.39, 0.29) is 5.91 Å². The molecule has 0 atom stereocenters. The second-order valence-electron chi connectivity index (χ2n) is 6.33. The second-order valence-corrected chi connectivity index (χ2v) is 6.74.